The summed E-state index contributed by atoms with van der Waals surface area (Å²) in [6.07, 6.45) is 1.74. The molecule has 0 saturated heterocycles. The average molecular weight is 293 g/mol. The predicted octanol–water partition coefficient (Wildman–Crippen LogP) is 3.39. The van der Waals surface area contributed by atoms with Gasteiger partial charge in [-0.15, -0.1) is 0 Å². The van der Waals surface area contributed by atoms with Gasteiger partial charge >= 0.3 is 0 Å². The van der Waals surface area contributed by atoms with E-state index in [1.807, 2.05) is 12.1 Å². The van der Waals surface area contributed by atoms with E-state index in [0.717, 1.165) is 22.3 Å². The second kappa shape index (κ2) is 4.81. The van der Waals surface area contributed by atoms with Gasteiger partial charge in [0.25, 0.3) is 0 Å². The fourth-order valence-corrected chi connectivity index (χ4v) is 2.13. The van der Waals surface area contributed by atoms with Gasteiger partial charge in [0.1, 0.15) is 5.69 Å². The van der Waals surface area contributed by atoms with Crippen LogP contribution >= 0.6 is 23.2 Å². The minimum absolute atomic E-state index is 0.471. The van der Waals surface area contributed by atoms with Crippen molar-refractivity contribution in [2.45, 2.75) is 6.54 Å². The summed E-state index contributed by atoms with van der Waals surface area (Å²) in [5.74, 6) is 0.678. The number of rotatable bonds is 2. The van der Waals surface area contributed by atoms with E-state index < -0.39 is 0 Å². The van der Waals surface area contributed by atoms with Crippen LogP contribution in [0.1, 0.15) is 5.56 Å². The van der Waals surface area contributed by atoms with Gasteiger partial charge in [-0.25, -0.2) is 4.98 Å². The molecule has 0 unspecified atom stereocenters. The Bertz CT molecular complexity index is 695. The first-order valence-corrected chi connectivity index (χ1v) is 6.43. The van der Waals surface area contributed by atoms with Gasteiger partial charge in [-0.3, -0.25) is 4.98 Å². The second-order valence-electron chi connectivity index (χ2n) is 4.12. The predicted molar refractivity (Wildman–Crippen MR) is 77.2 cm³/mol. The molecule has 0 aliphatic rings. The zero-order valence-corrected chi connectivity index (χ0v) is 11.3. The Hall–Kier alpha value is -1.62. The van der Waals surface area contributed by atoms with Gasteiger partial charge in [-0.2, -0.15) is 0 Å². The van der Waals surface area contributed by atoms with Gasteiger partial charge in [0.15, 0.2) is 5.82 Å². The monoisotopic (exact) mass is 292 g/mol. The van der Waals surface area contributed by atoms with Crippen molar-refractivity contribution in [2.75, 3.05) is 0 Å². The van der Waals surface area contributed by atoms with E-state index in [-0.39, 0.29) is 0 Å². The normalized spacial score (nSPS) is 11.1. The Morgan fingerprint density at radius 1 is 1.16 bits per heavy atom. The van der Waals surface area contributed by atoms with Crippen molar-refractivity contribution >= 4 is 34.2 Å². The number of aromatic amines is 1. The average Bonchev–Trinajstić information content (AvgIpc) is 2.82. The molecule has 0 spiro atoms. The highest BCUT2D eigenvalue weighted by molar-refractivity contribution is 6.42. The van der Waals surface area contributed by atoms with Crippen molar-refractivity contribution in [2.24, 2.45) is 5.73 Å². The largest absolute Gasteiger partial charge is 0.337 e. The Balaban J connectivity index is 2.09. The van der Waals surface area contributed by atoms with Gasteiger partial charge in [0, 0.05) is 12.7 Å². The van der Waals surface area contributed by atoms with Crippen LogP contribution in [-0.4, -0.2) is 15.0 Å². The molecule has 96 valence electrons. The van der Waals surface area contributed by atoms with Gasteiger partial charge in [-0.1, -0.05) is 29.3 Å². The number of nitrogens with zero attached hydrogens (tertiary/aromatic N) is 2. The minimum atomic E-state index is 0.471. The summed E-state index contributed by atoms with van der Waals surface area (Å²) in [7, 11) is 0. The molecule has 2 heterocycles. The first-order chi connectivity index (χ1) is 9.17. The van der Waals surface area contributed by atoms with Gasteiger partial charge < -0.3 is 10.7 Å². The van der Waals surface area contributed by atoms with Crippen molar-refractivity contribution in [3.8, 4) is 11.5 Å². The lowest BCUT2D eigenvalue weighted by Gasteiger charge is -1.97. The molecular weight excluding hydrogens is 283 g/mol. The van der Waals surface area contributed by atoms with Gasteiger partial charge in [0.05, 0.1) is 21.1 Å². The van der Waals surface area contributed by atoms with Crippen LogP contribution in [0.2, 0.25) is 10.0 Å². The van der Waals surface area contributed by atoms with Crippen LogP contribution in [0.15, 0.2) is 30.5 Å². The first kappa shape index (κ1) is 12.4. The molecule has 3 rings (SSSR count). The van der Waals surface area contributed by atoms with E-state index in [4.69, 9.17) is 28.9 Å². The summed E-state index contributed by atoms with van der Waals surface area (Å²) in [6, 6.07) is 7.29. The summed E-state index contributed by atoms with van der Waals surface area (Å²) >= 11 is 11.9. The number of aromatic nitrogens is 3. The fourth-order valence-electron chi connectivity index (χ4n) is 1.81. The van der Waals surface area contributed by atoms with Crippen molar-refractivity contribution < 1.29 is 0 Å². The molecule has 2 aromatic heterocycles. The Morgan fingerprint density at radius 2 is 1.95 bits per heavy atom. The molecule has 1 aromatic carbocycles. The summed E-state index contributed by atoms with van der Waals surface area (Å²) in [6.45, 7) is 0.471. The number of hydrogen-bond acceptors (Lipinski definition) is 3. The quantitative estimate of drug-likeness (QED) is 0.761. The van der Waals surface area contributed by atoms with Crippen LogP contribution in [-0.2, 0) is 6.54 Å². The molecule has 0 radical (unpaired) electrons. The van der Waals surface area contributed by atoms with E-state index in [9.17, 15) is 0 Å². The van der Waals surface area contributed by atoms with Crippen LogP contribution in [0.4, 0.5) is 0 Å². The molecule has 0 bridgehead atoms. The highest BCUT2D eigenvalue weighted by Crippen LogP contribution is 2.28. The summed E-state index contributed by atoms with van der Waals surface area (Å²) in [4.78, 5) is 11.9. The first-order valence-electron chi connectivity index (χ1n) is 5.67. The number of H-pyrrole nitrogens is 1. The van der Waals surface area contributed by atoms with Crippen molar-refractivity contribution in [3.05, 3.63) is 46.1 Å². The molecule has 0 aliphatic heterocycles. The number of benzene rings is 1. The van der Waals surface area contributed by atoms with E-state index in [1.165, 1.54) is 0 Å². The number of imidazole rings is 1. The number of nitrogens with one attached hydrogen (secondary N) is 1. The Kier molecular flexibility index (Phi) is 3.14. The lowest BCUT2D eigenvalue weighted by molar-refractivity contribution is 1.05. The Morgan fingerprint density at radius 3 is 2.63 bits per heavy atom. The van der Waals surface area contributed by atoms with Crippen molar-refractivity contribution in [1.29, 1.82) is 0 Å². The van der Waals surface area contributed by atoms with Crippen LogP contribution in [0.3, 0.4) is 0 Å². The maximum Gasteiger partial charge on any atom is 0.157 e. The highest BCUT2D eigenvalue weighted by atomic mass is 35.5. The molecule has 19 heavy (non-hydrogen) atoms. The third-order valence-electron chi connectivity index (χ3n) is 2.83. The summed E-state index contributed by atoms with van der Waals surface area (Å²) < 4.78 is 0. The second-order valence-corrected chi connectivity index (χ2v) is 4.94. The summed E-state index contributed by atoms with van der Waals surface area (Å²) in [5, 5.41) is 0.981. The van der Waals surface area contributed by atoms with E-state index >= 15 is 0 Å². The number of pyridine rings is 1. The molecular formula is C13H10Cl2N4. The molecule has 3 aromatic rings. The third kappa shape index (κ3) is 2.30. The van der Waals surface area contributed by atoms with Crippen LogP contribution < -0.4 is 5.73 Å². The highest BCUT2D eigenvalue weighted by Gasteiger charge is 2.09. The molecule has 0 atom stereocenters. The molecule has 4 nitrogen and oxygen atoms in total. The maximum absolute atomic E-state index is 5.97. The number of fused-ring (bicyclic) bond motifs is 1. The number of hydrogen-bond donors (Lipinski definition) is 2. The van der Waals surface area contributed by atoms with Crippen LogP contribution in [0, 0.1) is 0 Å². The van der Waals surface area contributed by atoms with Gasteiger partial charge in [0.2, 0.25) is 0 Å². The zero-order chi connectivity index (χ0) is 13.4. The Labute approximate surface area is 119 Å². The molecule has 0 aliphatic carbocycles. The fraction of sp³-hybridized carbons (Fsp3) is 0.0769. The number of nitrogens with two attached hydrogens (primary N) is 1. The summed E-state index contributed by atoms with van der Waals surface area (Å²) in [5.41, 5.74) is 8.86. The van der Waals surface area contributed by atoms with Crippen LogP contribution in [0.5, 0.6) is 0 Å². The van der Waals surface area contributed by atoms with E-state index in [0.29, 0.717) is 22.4 Å². The maximum atomic E-state index is 5.97. The smallest absolute Gasteiger partial charge is 0.157 e. The van der Waals surface area contributed by atoms with Crippen LogP contribution in [0.25, 0.3) is 22.6 Å². The standard InChI is InChI=1S/C13H10Cl2N4/c14-8-3-11-12(4-9(8)15)19-13(18-11)10-2-1-7(5-16)6-17-10/h1-4,6H,5,16H2,(H,18,19). The van der Waals surface area contributed by atoms with E-state index in [2.05, 4.69) is 15.0 Å². The van der Waals surface area contributed by atoms with Crippen molar-refractivity contribution in [1.82, 2.24) is 15.0 Å². The minimum Gasteiger partial charge on any atom is -0.337 e. The molecule has 0 amide bonds. The lowest BCUT2D eigenvalue weighted by atomic mass is 10.2. The van der Waals surface area contributed by atoms with Gasteiger partial charge in [-0.05, 0) is 23.8 Å². The topological polar surface area (TPSA) is 67.6 Å². The van der Waals surface area contributed by atoms with E-state index in [1.54, 1.807) is 18.3 Å². The molecule has 0 saturated carbocycles. The van der Waals surface area contributed by atoms with Crippen molar-refractivity contribution in [3.63, 3.8) is 0 Å². The molecule has 3 N–H and O–H groups in total. The number of halogens is 2. The zero-order valence-electron chi connectivity index (χ0n) is 9.82. The molecule has 6 heteroatoms. The lowest BCUT2D eigenvalue weighted by Crippen LogP contribution is -1.97. The third-order valence-corrected chi connectivity index (χ3v) is 3.55. The SMILES string of the molecule is NCc1ccc(-c2nc3cc(Cl)c(Cl)cc3[nH]2)nc1. The molecule has 0 fully saturated rings.